The van der Waals surface area contributed by atoms with Crippen molar-refractivity contribution >= 4 is 17.5 Å². The largest absolute Gasteiger partial charge is 0.466 e. The first-order chi connectivity index (χ1) is 15.1. The molecule has 3 heterocycles. The van der Waals surface area contributed by atoms with Crippen LogP contribution in [0.25, 0.3) is 5.65 Å². The lowest BCUT2D eigenvalue weighted by molar-refractivity contribution is -0.151. The molecule has 0 saturated carbocycles. The molecule has 1 aromatic carbocycles. The van der Waals surface area contributed by atoms with Crippen molar-refractivity contribution in [1.29, 1.82) is 0 Å². The number of aromatic nitrogens is 2. The molecule has 1 amide bonds. The second-order valence-electron chi connectivity index (χ2n) is 7.80. The van der Waals surface area contributed by atoms with E-state index in [9.17, 15) is 14.0 Å². The van der Waals surface area contributed by atoms with Gasteiger partial charge >= 0.3 is 5.97 Å². The van der Waals surface area contributed by atoms with E-state index in [2.05, 4.69) is 4.98 Å². The summed E-state index contributed by atoms with van der Waals surface area (Å²) in [6, 6.07) is 12.2. The van der Waals surface area contributed by atoms with E-state index in [0.29, 0.717) is 38.1 Å². The number of carbonyl (C=O) groups is 2. The van der Waals surface area contributed by atoms with E-state index in [1.165, 1.54) is 6.07 Å². The van der Waals surface area contributed by atoms with Gasteiger partial charge in [-0.25, -0.2) is 9.37 Å². The second-order valence-corrected chi connectivity index (χ2v) is 7.80. The predicted molar refractivity (Wildman–Crippen MR) is 114 cm³/mol. The van der Waals surface area contributed by atoms with Crippen LogP contribution in [0.15, 0.2) is 54.9 Å². The maximum atomic E-state index is 14.7. The highest BCUT2D eigenvalue weighted by Crippen LogP contribution is 2.32. The molecule has 6 nitrogen and oxygen atoms in total. The molecule has 1 aliphatic rings. The Labute approximate surface area is 180 Å². The van der Waals surface area contributed by atoms with Crippen molar-refractivity contribution in [2.75, 3.05) is 19.7 Å². The highest BCUT2D eigenvalue weighted by Gasteiger charge is 2.31. The Hall–Kier alpha value is -3.22. The standard InChI is InChI=1S/C24H26FN3O3/c1-2-31-24(30)17-10-13-27(14-11-17)23(29)15-19(18-7-3-4-8-20(18)25)21-16-26-22-9-5-6-12-28(21)22/h3-9,12,16-17,19H,2,10-11,13-15H2,1H3. The Morgan fingerprint density at radius 3 is 2.65 bits per heavy atom. The lowest BCUT2D eigenvalue weighted by Gasteiger charge is -2.32. The highest BCUT2D eigenvalue weighted by molar-refractivity contribution is 5.78. The van der Waals surface area contributed by atoms with Gasteiger partial charge in [-0.1, -0.05) is 24.3 Å². The Morgan fingerprint density at radius 2 is 1.90 bits per heavy atom. The molecule has 0 N–H and O–H groups in total. The summed E-state index contributed by atoms with van der Waals surface area (Å²) in [6.45, 7) is 3.15. The van der Waals surface area contributed by atoms with Gasteiger partial charge in [-0.05, 0) is 43.5 Å². The molecule has 162 valence electrons. The van der Waals surface area contributed by atoms with Gasteiger partial charge in [0.25, 0.3) is 0 Å². The Bertz CT molecular complexity index is 1070. The van der Waals surface area contributed by atoms with E-state index in [1.807, 2.05) is 28.8 Å². The van der Waals surface area contributed by atoms with Crippen molar-refractivity contribution in [3.8, 4) is 0 Å². The molecule has 2 aromatic heterocycles. The van der Waals surface area contributed by atoms with E-state index >= 15 is 0 Å². The number of rotatable bonds is 6. The van der Waals surface area contributed by atoms with Crippen molar-refractivity contribution in [1.82, 2.24) is 14.3 Å². The smallest absolute Gasteiger partial charge is 0.309 e. The summed E-state index contributed by atoms with van der Waals surface area (Å²) < 4.78 is 21.7. The lowest BCUT2D eigenvalue weighted by Crippen LogP contribution is -2.41. The minimum atomic E-state index is -0.464. The number of ether oxygens (including phenoxy) is 1. The van der Waals surface area contributed by atoms with Crippen LogP contribution in [-0.4, -0.2) is 45.9 Å². The van der Waals surface area contributed by atoms with Crippen molar-refractivity contribution in [2.24, 2.45) is 5.92 Å². The van der Waals surface area contributed by atoms with Crippen molar-refractivity contribution < 1.29 is 18.7 Å². The SMILES string of the molecule is CCOC(=O)C1CCN(C(=O)CC(c2ccccc2F)c2cnc3ccccn23)CC1. The van der Waals surface area contributed by atoms with E-state index in [4.69, 9.17) is 4.74 Å². The Morgan fingerprint density at radius 1 is 1.16 bits per heavy atom. The number of imidazole rings is 1. The Kier molecular flexibility index (Phi) is 6.30. The van der Waals surface area contributed by atoms with Crippen LogP contribution >= 0.6 is 0 Å². The number of piperidine rings is 1. The first-order valence-electron chi connectivity index (χ1n) is 10.7. The fourth-order valence-corrected chi connectivity index (χ4v) is 4.27. The normalized spacial score (nSPS) is 15.7. The van der Waals surface area contributed by atoms with Gasteiger partial charge in [0.05, 0.1) is 18.2 Å². The topological polar surface area (TPSA) is 63.9 Å². The van der Waals surface area contributed by atoms with Gasteiger partial charge in [-0.15, -0.1) is 0 Å². The minimum absolute atomic E-state index is 0.0542. The average Bonchev–Trinajstić information content (AvgIpc) is 3.22. The average molecular weight is 423 g/mol. The molecule has 1 atom stereocenters. The zero-order valence-electron chi connectivity index (χ0n) is 17.5. The number of hydrogen-bond acceptors (Lipinski definition) is 4. The number of amides is 1. The summed E-state index contributed by atoms with van der Waals surface area (Å²) in [5.41, 5.74) is 2.00. The summed E-state index contributed by atoms with van der Waals surface area (Å²) in [6.07, 6.45) is 4.90. The number of pyridine rings is 1. The second kappa shape index (κ2) is 9.29. The molecule has 0 spiro atoms. The number of fused-ring (bicyclic) bond motifs is 1. The maximum Gasteiger partial charge on any atom is 0.309 e. The monoisotopic (exact) mass is 423 g/mol. The zero-order chi connectivity index (χ0) is 21.8. The van der Waals surface area contributed by atoms with Crippen LogP contribution in [-0.2, 0) is 14.3 Å². The minimum Gasteiger partial charge on any atom is -0.466 e. The van der Waals surface area contributed by atoms with Crippen LogP contribution in [0.4, 0.5) is 4.39 Å². The van der Waals surface area contributed by atoms with Crippen LogP contribution < -0.4 is 0 Å². The molecule has 1 unspecified atom stereocenters. The van der Waals surface area contributed by atoms with Crippen molar-refractivity contribution in [3.05, 3.63) is 71.9 Å². The molecule has 1 aliphatic heterocycles. The van der Waals surface area contributed by atoms with E-state index in [1.54, 1.807) is 36.2 Å². The summed E-state index contributed by atoms with van der Waals surface area (Å²) in [7, 11) is 0. The molecule has 1 fully saturated rings. The number of halogens is 1. The first kappa shape index (κ1) is 21.0. The number of likely N-dealkylation sites (tertiary alicyclic amines) is 1. The van der Waals surface area contributed by atoms with Gasteiger partial charge in [0.1, 0.15) is 11.5 Å². The van der Waals surface area contributed by atoms with Crippen LogP contribution in [0.2, 0.25) is 0 Å². The number of nitrogens with zero attached hydrogens (tertiary/aromatic N) is 3. The molecule has 0 aliphatic carbocycles. The van der Waals surface area contributed by atoms with Crippen molar-refractivity contribution in [2.45, 2.75) is 32.1 Å². The van der Waals surface area contributed by atoms with Crippen LogP contribution in [0, 0.1) is 11.7 Å². The van der Waals surface area contributed by atoms with Gasteiger partial charge in [-0.3, -0.25) is 9.59 Å². The third-order valence-corrected chi connectivity index (χ3v) is 5.93. The molecule has 0 radical (unpaired) electrons. The molecule has 1 saturated heterocycles. The van der Waals surface area contributed by atoms with Crippen LogP contribution in [0.5, 0.6) is 0 Å². The van der Waals surface area contributed by atoms with Crippen LogP contribution in [0.3, 0.4) is 0 Å². The fourth-order valence-electron chi connectivity index (χ4n) is 4.27. The maximum absolute atomic E-state index is 14.7. The number of carbonyl (C=O) groups excluding carboxylic acids is 2. The molecule has 7 heteroatoms. The Balaban J connectivity index is 1.56. The first-order valence-corrected chi connectivity index (χ1v) is 10.7. The highest BCUT2D eigenvalue weighted by atomic mass is 19.1. The third kappa shape index (κ3) is 4.45. The van der Waals surface area contributed by atoms with Crippen molar-refractivity contribution in [3.63, 3.8) is 0 Å². The predicted octanol–water partition coefficient (Wildman–Crippen LogP) is 3.80. The zero-order valence-corrected chi connectivity index (χ0v) is 17.5. The molecular formula is C24H26FN3O3. The van der Waals surface area contributed by atoms with Crippen LogP contribution in [0.1, 0.15) is 43.4 Å². The molecule has 4 rings (SSSR count). The molecule has 3 aromatic rings. The van der Waals surface area contributed by atoms with Gasteiger partial charge in [-0.2, -0.15) is 0 Å². The van der Waals surface area contributed by atoms with Gasteiger partial charge in [0.15, 0.2) is 0 Å². The van der Waals surface area contributed by atoms with E-state index < -0.39 is 5.92 Å². The molecule has 31 heavy (non-hydrogen) atoms. The number of hydrogen-bond donors (Lipinski definition) is 0. The summed E-state index contributed by atoms with van der Waals surface area (Å²) >= 11 is 0. The van der Waals surface area contributed by atoms with Gasteiger partial charge < -0.3 is 14.0 Å². The van der Waals surface area contributed by atoms with E-state index in [-0.39, 0.29) is 30.0 Å². The molecular weight excluding hydrogens is 397 g/mol. The van der Waals surface area contributed by atoms with Gasteiger partial charge in [0.2, 0.25) is 5.91 Å². The quantitative estimate of drug-likeness (QED) is 0.566. The lowest BCUT2D eigenvalue weighted by atomic mass is 9.90. The third-order valence-electron chi connectivity index (χ3n) is 5.93. The van der Waals surface area contributed by atoms with Gasteiger partial charge in [0, 0.05) is 37.8 Å². The summed E-state index contributed by atoms with van der Waals surface area (Å²) in [5.74, 6) is -1.21. The summed E-state index contributed by atoms with van der Waals surface area (Å²) in [5, 5.41) is 0. The summed E-state index contributed by atoms with van der Waals surface area (Å²) in [4.78, 5) is 31.4. The van der Waals surface area contributed by atoms with E-state index in [0.717, 1.165) is 11.3 Å². The number of benzene rings is 1. The fraction of sp³-hybridized carbons (Fsp3) is 0.375. The number of esters is 1. The molecule has 0 bridgehead atoms.